The van der Waals surface area contributed by atoms with Crippen LogP contribution in [0.2, 0.25) is 0 Å². The molecule has 0 aliphatic carbocycles. The SMILES string of the molecule is c1ccc2c(c1)cn1c3ccccc3c3c(ccc4sc5ccccc5c43)c21. The number of aromatic nitrogens is 1. The van der Waals surface area contributed by atoms with Crippen LogP contribution in [0.4, 0.5) is 0 Å². The van der Waals surface area contributed by atoms with Crippen molar-refractivity contribution < 1.29 is 0 Å². The molecule has 7 aromatic rings. The van der Waals surface area contributed by atoms with E-state index in [2.05, 4.69) is 95.5 Å². The zero-order valence-electron chi connectivity index (χ0n) is 15.0. The summed E-state index contributed by atoms with van der Waals surface area (Å²) in [6.07, 6.45) is 2.28. The van der Waals surface area contributed by atoms with E-state index in [4.69, 9.17) is 0 Å². The molecular weight excluding hydrogens is 358 g/mol. The van der Waals surface area contributed by atoms with Gasteiger partial charge in [-0.1, -0.05) is 66.7 Å². The molecule has 0 aliphatic rings. The Morgan fingerprint density at radius 3 is 2.21 bits per heavy atom. The number of para-hydroxylation sites is 1. The molecule has 130 valence electrons. The van der Waals surface area contributed by atoms with E-state index in [0.717, 1.165) is 0 Å². The average molecular weight is 373 g/mol. The maximum Gasteiger partial charge on any atom is 0.0613 e. The van der Waals surface area contributed by atoms with Crippen LogP contribution in [0.3, 0.4) is 0 Å². The highest BCUT2D eigenvalue weighted by Gasteiger charge is 2.16. The molecule has 0 N–H and O–H groups in total. The summed E-state index contributed by atoms with van der Waals surface area (Å²) in [5, 5.41) is 9.38. The summed E-state index contributed by atoms with van der Waals surface area (Å²) in [7, 11) is 0. The highest BCUT2D eigenvalue weighted by Crippen LogP contribution is 2.43. The topological polar surface area (TPSA) is 4.41 Å². The Labute approximate surface area is 165 Å². The Kier molecular flexibility index (Phi) is 2.68. The fourth-order valence-corrected chi connectivity index (χ4v) is 5.93. The van der Waals surface area contributed by atoms with Crippen LogP contribution in [0.25, 0.3) is 58.1 Å². The minimum absolute atomic E-state index is 1.27. The molecule has 0 amide bonds. The third-order valence-electron chi connectivity index (χ3n) is 5.96. The first-order valence-electron chi connectivity index (χ1n) is 9.55. The lowest BCUT2D eigenvalue weighted by atomic mass is 9.98. The van der Waals surface area contributed by atoms with E-state index < -0.39 is 0 Å². The Bertz CT molecular complexity index is 1700. The van der Waals surface area contributed by atoms with Gasteiger partial charge in [-0.25, -0.2) is 0 Å². The fraction of sp³-hybridized carbons (Fsp3) is 0. The molecule has 0 saturated carbocycles. The molecule has 28 heavy (non-hydrogen) atoms. The minimum Gasteiger partial charge on any atom is -0.315 e. The summed E-state index contributed by atoms with van der Waals surface area (Å²) in [6.45, 7) is 0. The van der Waals surface area contributed by atoms with Crippen LogP contribution >= 0.6 is 11.3 Å². The predicted octanol–water partition coefficient (Wildman–Crippen LogP) is 7.77. The molecule has 0 spiro atoms. The lowest BCUT2D eigenvalue weighted by molar-refractivity contribution is 1.29. The van der Waals surface area contributed by atoms with Crippen molar-refractivity contribution in [2.45, 2.75) is 0 Å². The van der Waals surface area contributed by atoms with Gasteiger partial charge in [0.05, 0.1) is 11.0 Å². The maximum absolute atomic E-state index is 2.38. The van der Waals surface area contributed by atoms with Crippen LogP contribution in [0.1, 0.15) is 0 Å². The second-order valence-corrected chi connectivity index (χ2v) is 8.50. The second kappa shape index (κ2) is 5.12. The van der Waals surface area contributed by atoms with E-state index >= 15 is 0 Å². The van der Waals surface area contributed by atoms with Gasteiger partial charge in [0.1, 0.15) is 0 Å². The highest BCUT2D eigenvalue weighted by molar-refractivity contribution is 7.26. The van der Waals surface area contributed by atoms with Gasteiger partial charge < -0.3 is 4.40 Å². The summed E-state index contributed by atoms with van der Waals surface area (Å²) in [4.78, 5) is 0. The molecule has 2 heteroatoms. The molecular formula is C26H15NS. The van der Waals surface area contributed by atoms with E-state index in [9.17, 15) is 0 Å². The third kappa shape index (κ3) is 1.71. The van der Waals surface area contributed by atoms with Crippen molar-refractivity contribution in [1.82, 2.24) is 4.40 Å². The molecule has 0 radical (unpaired) electrons. The summed E-state index contributed by atoms with van der Waals surface area (Å²) < 4.78 is 5.09. The molecule has 3 heterocycles. The number of fused-ring (bicyclic) bond motifs is 12. The van der Waals surface area contributed by atoms with Crippen LogP contribution in [0.15, 0.2) is 91.1 Å². The summed E-state index contributed by atoms with van der Waals surface area (Å²) >= 11 is 1.89. The van der Waals surface area contributed by atoms with Crippen molar-refractivity contribution in [1.29, 1.82) is 0 Å². The molecule has 0 unspecified atom stereocenters. The van der Waals surface area contributed by atoms with Crippen LogP contribution in [0, 0.1) is 0 Å². The van der Waals surface area contributed by atoms with Crippen LogP contribution in [0.5, 0.6) is 0 Å². The number of rotatable bonds is 0. The van der Waals surface area contributed by atoms with E-state index in [-0.39, 0.29) is 0 Å². The quantitative estimate of drug-likeness (QED) is 0.239. The molecule has 0 fully saturated rings. The first-order chi connectivity index (χ1) is 13.9. The van der Waals surface area contributed by atoms with Gasteiger partial charge in [-0.05, 0) is 18.2 Å². The number of pyridine rings is 1. The standard InChI is InChI=1S/C26H15NS/c1-2-8-17-16(7-1)15-27-21-11-5-3-9-18(21)24-20(26(17)27)13-14-23-25(24)19-10-4-6-12-22(19)28-23/h1-15H. The van der Waals surface area contributed by atoms with E-state index in [1.807, 2.05) is 11.3 Å². The number of benzene rings is 4. The highest BCUT2D eigenvalue weighted by atomic mass is 32.1. The summed E-state index contributed by atoms with van der Waals surface area (Å²) in [5.41, 5.74) is 2.57. The monoisotopic (exact) mass is 373 g/mol. The van der Waals surface area contributed by atoms with Crippen LogP contribution in [-0.4, -0.2) is 4.40 Å². The van der Waals surface area contributed by atoms with Gasteiger partial charge in [-0.2, -0.15) is 0 Å². The van der Waals surface area contributed by atoms with Crippen molar-refractivity contribution in [3.05, 3.63) is 91.1 Å². The van der Waals surface area contributed by atoms with Crippen molar-refractivity contribution >= 4 is 69.5 Å². The molecule has 4 aromatic carbocycles. The van der Waals surface area contributed by atoms with Gasteiger partial charge in [0.15, 0.2) is 0 Å². The van der Waals surface area contributed by atoms with Crippen molar-refractivity contribution in [2.24, 2.45) is 0 Å². The Morgan fingerprint density at radius 1 is 0.536 bits per heavy atom. The number of hydrogen-bond acceptors (Lipinski definition) is 1. The zero-order chi connectivity index (χ0) is 18.2. The normalized spacial score (nSPS) is 12.3. The Balaban J connectivity index is 1.92. The van der Waals surface area contributed by atoms with Gasteiger partial charge in [0, 0.05) is 53.3 Å². The van der Waals surface area contributed by atoms with Gasteiger partial charge in [0.2, 0.25) is 0 Å². The van der Waals surface area contributed by atoms with Crippen LogP contribution in [-0.2, 0) is 0 Å². The van der Waals surface area contributed by atoms with Crippen molar-refractivity contribution in [2.75, 3.05) is 0 Å². The van der Waals surface area contributed by atoms with Crippen LogP contribution < -0.4 is 0 Å². The summed E-state index contributed by atoms with van der Waals surface area (Å²) in [6, 6.07) is 30.9. The molecule has 3 aromatic heterocycles. The molecule has 0 atom stereocenters. The maximum atomic E-state index is 2.38. The molecule has 0 saturated heterocycles. The molecule has 0 aliphatic heterocycles. The average Bonchev–Trinajstić information content (AvgIpc) is 3.32. The minimum atomic E-state index is 1.27. The molecule has 0 bridgehead atoms. The van der Waals surface area contributed by atoms with E-state index in [1.165, 1.54) is 58.1 Å². The molecule has 1 nitrogen and oxygen atoms in total. The third-order valence-corrected chi connectivity index (χ3v) is 7.09. The van der Waals surface area contributed by atoms with E-state index in [0.29, 0.717) is 0 Å². The smallest absolute Gasteiger partial charge is 0.0613 e. The molecule has 7 rings (SSSR count). The summed E-state index contributed by atoms with van der Waals surface area (Å²) in [5.74, 6) is 0. The lowest BCUT2D eigenvalue weighted by Crippen LogP contribution is -1.89. The first kappa shape index (κ1) is 14.7. The predicted molar refractivity (Wildman–Crippen MR) is 123 cm³/mol. The Morgan fingerprint density at radius 2 is 1.29 bits per heavy atom. The van der Waals surface area contributed by atoms with Crippen molar-refractivity contribution in [3.8, 4) is 0 Å². The number of nitrogens with zero attached hydrogens (tertiary/aromatic N) is 1. The van der Waals surface area contributed by atoms with Gasteiger partial charge in [-0.15, -0.1) is 11.3 Å². The van der Waals surface area contributed by atoms with Gasteiger partial charge in [0.25, 0.3) is 0 Å². The first-order valence-corrected chi connectivity index (χ1v) is 10.4. The number of hydrogen-bond donors (Lipinski definition) is 0. The number of thiophene rings is 1. The van der Waals surface area contributed by atoms with Gasteiger partial charge in [-0.3, -0.25) is 0 Å². The van der Waals surface area contributed by atoms with Crippen molar-refractivity contribution in [3.63, 3.8) is 0 Å². The lowest BCUT2D eigenvalue weighted by Gasteiger charge is -2.11. The van der Waals surface area contributed by atoms with Gasteiger partial charge >= 0.3 is 0 Å². The zero-order valence-corrected chi connectivity index (χ0v) is 15.8. The largest absolute Gasteiger partial charge is 0.315 e. The fourth-order valence-electron chi connectivity index (χ4n) is 4.81. The van der Waals surface area contributed by atoms with E-state index in [1.54, 1.807) is 0 Å². The second-order valence-electron chi connectivity index (χ2n) is 7.41. The Hall–Kier alpha value is -3.36.